The van der Waals surface area contributed by atoms with Gasteiger partial charge >= 0.3 is 6.09 Å². The number of rotatable bonds is 6. The maximum atomic E-state index is 11.4. The molecule has 0 saturated carbocycles. The van der Waals surface area contributed by atoms with Crippen LogP contribution in [-0.2, 0) is 4.74 Å². The van der Waals surface area contributed by atoms with Crippen molar-refractivity contribution in [3.8, 4) is 0 Å². The van der Waals surface area contributed by atoms with Crippen LogP contribution in [0.15, 0.2) is 12.2 Å². The average molecular weight is 297 g/mol. The number of carbonyl (C=O) groups excluding carboxylic acids is 1. The predicted molar refractivity (Wildman–Crippen MR) is 86.5 cm³/mol. The molecule has 1 aliphatic rings. The van der Waals surface area contributed by atoms with Crippen molar-refractivity contribution in [3.05, 3.63) is 12.2 Å². The summed E-state index contributed by atoms with van der Waals surface area (Å²) in [5, 5.41) is 6.15. The number of ether oxygens (including phenoxy) is 1. The predicted octanol–water partition coefficient (Wildman–Crippen LogP) is 2.00. The van der Waals surface area contributed by atoms with Crippen molar-refractivity contribution in [3.63, 3.8) is 0 Å². The summed E-state index contributed by atoms with van der Waals surface area (Å²) in [5.41, 5.74) is -0.442. The first-order valence-electron chi connectivity index (χ1n) is 7.88. The molecule has 0 aliphatic carbocycles. The van der Waals surface area contributed by atoms with Gasteiger partial charge in [0, 0.05) is 19.6 Å². The zero-order valence-corrected chi connectivity index (χ0v) is 13.9. The second-order valence-electron chi connectivity index (χ2n) is 6.78. The van der Waals surface area contributed by atoms with Gasteiger partial charge in [0.05, 0.1) is 0 Å². The summed E-state index contributed by atoms with van der Waals surface area (Å²) in [5.74, 6) is 0.761. The van der Waals surface area contributed by atoms with Crippen LogP contribution >= 0.6 is 0 Å². The average Bonchev–Trinajstić information content (AvgIpc) is 2.35. The molecule has 0 aromatic rings. The van der Waals surface area contributed by atoms with E-state index in [4.69, 9.17) is 4.74 Å². The molecule has 0 spiro atoms. The Hall–Kier alpha value is -1.07. The highest BCUT2D eigenvalue weighted by atomic mass is 16.6. The van der Waals surface area contributed by atoms with Crippen LogP contribution in [0.25, 0.3) is 0 Å². The van der Waals surface area contributed by atoms with Gasteiger partial charge in [-0.3, -0.25) is 0 Å². The summed E-state index contributed by atoms with van der Waals surface area (Å²) in [7, 11) is 2.19. The SMILES string of the molecule is CN1CCCC(CNC/C=C/CNC(=O)OC(C)(C)C)C1. The summed E-state index contributed by atoms with van der Waals surface area (Å²) < 4.78 is 5.15. The zero-order valence-electron chi connectivity index (χ0n) is 13.9. The smallest absolute Gasteiger partial charge is 0.407 e. The minimum atomic E-state index is -0.442. The van der Waals surface area contributed by atoms with Gasteiger partial charge in [0.1, 0.15) is 5.60 Å². The minimum Gasteiger partial charge on any atom is -0.444 e. The molecule has 1 amide bonds. The molecular formula is C16H31N3O2. The van der Waals surface area contributed by atoms with Gasteiger partial charge in [0.15, 0.2) is 0 Å². The monoisotopic (exact) mass is 297 g/mol. The van der Waals surface area contributed by atoms with Gasteiger partial charge in [-0.05, 0) is 59.7 Å². The second kappa shape index (κ2) is 9.05. The van der Waals surface area contributed by atoms with E-state index in [2.05, 4.69) is 22.6 Å². The van der Waals surface area contributed by atoms with Gasteiger partial charge in [-0.2, -0.15) is 0 Å². The molecule has 0 radical (unpaired) electrons. The molecule has 0 aromatic heterocycles. The lowest BCUT2D eigenvalue weighted by molar-refractivity contribution is 0.0534. The molecule has 21 heavy (non-hydrogen) atoms. The molecule has 1 atom stereocenters. The lowest BCUT2D eigenvalue weighted by Gasteiger charge is -2.29. The first kappa shape index (κ1) is 18.0. The summed E-state index contributed by atoms with van der Waals surface area (Å²) in [6, 6.07) is 0. The molecule has 1 heterocycles. The van der Waals surface area contributed by atoms with Crippen LogP contribution < -0.4 is 10.6 Å². The van der Waals surface area contributed by atoms with Crippen LogP contribution in [0.3, 0.4) is 0 Å². The summed E-state index contributed by atoms with van der Waals surface area (Å²) in [6.07, 6.45) is 6.25. The lowest BCUT2D eigenvalue weighted by atomic mass is 9.98. The Morgan fingerprint density at radius 2 is 2.05 bits per heavy atom. The fraction of sp³-hybridized carbons (Fsp3) is 0.812. The largest absolute Gasteiger partial charge is 0.444 e. The highest BCUT2D eigenvalue weighted by molar-refractivity contribution is 5.67. The number of alkyl carbamates (subject to hydrolysis) is 1. The van der Waals surface area contributed by atoms with Crippen molar-refractivity contribution in [1.82, 2.24) is 15.5 Å². The highest BCUT2D eigenvalue weighted by Crippen LogP contribution is 2.13. The van der Waals surface area contributed by atoms with E-state index in [-0.39, 0.29) is 6.09 Å². The first-order chi connectivity index (χ1) is 9.87. The van der Waals surface area contributed by atoms with Crippen LogP contribution in [0.4, 0.5) is 4.79 Å². The van der Waals surface area contributed by atoms with Gasteiger partial charge in [-0.25, -0.2) is 4.79 Å². The van der Waals surface area contributed by atoms with Crippen molar-refractivity contribution in [1.29, 1.82) is 0 Å². The molecule has 5 heteroatoms. The molecule has 1 aliphatic heterocycles. The number of nitrogens with one attached hydrogen (secondary N) is 2. The standard InChI is InChI=1S/C16H31N3O2/c1-16(2,3)21-15(20)18-10-6-5-9-17-12-14-8-7-11-19(4)13-14/h5-6,14,17H,7-13H2,1-4H3,(H,18,20)/b6-5+. The molecule has 0 bridgehead atoms. The summed E-state index contributed by atoms with van der Waals surface area (Å²) in [4.78, 5) is 13.8. The lowest BCUT2D eigenvalue weighted by Crippen LogP contribution is -2.37. The summed E-state index contributed by atoms with van der Waals surface area (Å²) >= 11 is 0. The van der Waals surface area contributed by atoms with Crippen LogP contribution in [0.5, 0.6) is 0 Å². The number of piperidine rings is 1. The Labute approximate surface area is 129 Å². The Morgan fingerprint density at radius 1 is 1.33 bits per heavy atom. The molecule has 2 N–H and O–H groups in total. The number of hydrogen-bond donors (Lipinski definition) is 2. The molecule has 1 rings (SSSR count). The van der Waals surface area contributed by atoms with Crippen molar-refractivity contribution >= 4 is 6.09 Å². The Kier molecular flexibility index (Phi) is 7.75. The van der Waals surface area contributed by atoms with Gasteiger partial charge in [-0.15, -0.1) is 0 Å². The number of amides is 1. The topological polar surface area (TPSA) is 53.6 Å². The summed E-state index contributed by atoms with van der Waals surface area (Å²) in [6.45, 7) is 10.4. The third-order valence-corrected chi connectivity index (χ3v) is 3.35. The third kappa shape index (κ3) is 9.47. The van der Waals surface area contributed by atoms with E-state index >= 15 is 0 Å². The number of nitrogens with zero attached hydrogens (tertiary/aromatic N) is 1. The third-order valence-electron chi connectivity index (χ3n) is 3.35. The van der Waals surface area contributed by atoms with Gasteiger partial charge in [0.2, 0.25) is 0 Å². The molecule has 1 fully saturated rings. The molecule has 1 saturated heterocycles. The molecule has 1 unspecified atom stereocenters. The Morgan fingerprint density at radius 3 is 2.71 bits per heavy atom. The quantitative estimate of drug-likeness (QED) is 0.581. The molecule has 0 aromatic carbocycles. The maximum Gasteiger partial charge on any atom is 0.407 e. The van der Waals surface area contributed by atoms with Gasteiger partial charge < -0.3 is 20.3 Å². The first-order valence-corrected chi connectivity index (χ1v) is 7.88. The van der Waals surface area contributed by atoms with Gasteiger partial charge in [0.25, 0.3) is 0 Å². The Balaban J connectivity index is 2.01. The number of carbonyl (C=O) groups is 1. The van der Waals surface area contributed by atoms with Crippen LogP contribution in [0, 0.1) is 5.92 Å². The fourth-order valence-corrected chi connectivity index (χ4v) is 2.43. The fourth-order valence-electron chi connectivity index (χ4n) is 2.43. The normalized spacial score (nSPS) is 20.7. The zero-order chi connectivity index (χ0) is 15.7. The number of likely N-dealkylation sites (tertiary alicyclic amines) is 1. The van der Waals surface area contributed by atoms with E-state index < -0.39 is 5.60 Å². The number of hydrogen-bond acceptors (Lipinski definition) is 4. The van der Waals surface area contributed by atoms with Crippen molar-refractivity contribution in [2.75, 3.05) is 39.8 Å². The molecule has 5 nitrogen and oxygen atoms in total. The van der Waals surface area contributed by atoms with Crippen LogP contribution in [0.1, 0.15) is 33.6 Å². The van der Waals surface area contributed by atoms with Crippen molar-refractivity contribution < 1.29 is 9.53 Å². The highest BCUT2D eigenvalue weighted by Gasteiger charge is 2.16. The van der Waals surface area contributed by atoms with E-state index in [0.29, 0.717) is 6.54 Å². The molecule has 122 valence electrons. The van der Waals surface area contributed by atoms with Crippen LogP contribution in [0.2, 0.25) is 0 Å². The Bertz CT molecular complexity index is 337. The molecular weight excluding hydrogens is 266 g/mol. The minimum absolute atomic E-state index is 0.370. The van der Waals surface area contributed by atoms with E-state index in [0.717, 1.165) is 19.0 Å². The van der Waals surface area contributed by atoms with E-state index in [1.165, 1.54) is 25.9 Å². The van der Waals surface area contributed by atoms with Crippen molar-refractivity contribution in [2.24, 2.45) is 5.92 Å². The van der Waals surface area contributed by atoms with Crippen LogP contribution in [-0.4, -0.2) is 56.4 Å². The van der Waals surface area contributed by atoms with Crippen molar-refractivity contribution in [2.45, 2.75) is 39.2 Å². The maximum absolute atomic E-state index is 11.4. The van der Waals surface area contributed by atoms with E-state index in [9.17, 15) is 4.79 Å². The van der Waals surface area contributed by atoms with E-state index in [1.807, 2.05) is 32.9 Å². The van der Waals surface area contributed by atoms with E-state index in [1.54, 1.807) is 0 Å². The van der Waals surface area contributed by atoms with Gasteiger partial charge in [-0.1, -0.05) is 12.2 Å². The second-order valence-corrected chi connectivity index (χ2v) is 6.78.